The van der Waals surface area contributed by atoms with Gasteiger partial charge >= 0.3 is 0 Å². The Morgan fingerprint density at radius 3 is 2.59 bits per heavy atom. The van der Waals surface area contributed by atoms with Gasteiger partial charge in [0.15, 0.2) is 5.13 Å². The van der Waals surface area contributed by atoms with Crippen LogP contribution in [0, 0.1) is 6.92 Å². The van der Waals surface area contributed by atoms with Gasteiger partial charge in [-0.2, -0.15) is 0 Å². The van der Waals surface area contributed by atoms with E-state index in [2.05, 4.69) is 15.6 Å². The summed E-state index contributed by atoms with van der Waals surface area (Å²) in [5.41, 5.74) is 0.621. The zero-order valence-corrected chi connectivity index (χ0v) is 16.9. The van der Waals surface area contributed by atoms with Crippen LogP contribution in [0.4, 0.5) is 5.13 Å². The molecule has 2 aromatic rings. The molecule has 146 valence electrons. The summed E-state index contributed by atoms with van der Waals surface area (Å²) in [4.78, 5) is 42.0. The molecule has 0 fully saturated rings. The molecule has 0 aromatic carbocycles. The third kappa shape index (κ3) is 6.21. The number of amides is 3. The van der Waals surface area contributed by atoms with E-state index in [0.29, 0.717) is 22.1 Å². The van der Waals surface area contributed by atoms with Crippen LogP contribution in [-0.4, -0.2) is 46.7 Å². The van der Waals surface area contributed by atoms with Crippen LogP contribution in [0.15, 0.2) is 22.1 Å². The van der Waals surface area contributed by atoms with E-state index in [0.717, 1.165) is 0 Å². The normalized spacial score (nSPS) is 11.1. The molecule has 2 aromatic heterocycles. The largest absolute Gasteiger partial charge is 0.469 e. The Bertz CT molecular complexity index is 835. The van der Waals surface area contributed by atoms with E-state index in [9.17, 15) is 14.4 Å². The fraction of sp³-hybridized carbons (Fsp3) is 0.444. The number of thiazole rings is 1. The maximum atomic E-state index is 12.3. The van der Waals surface area contributed by atoms with Gasteiger partial charge in [0.05, 0.1) is 30.5 Å². The molecular weight excluding hydrogens is 368 g/mol. The smallest absolute Gasteiger partial charge is 0.260 e. The fourth-order valence-electron chi connectivity index (χ4n) is 2.28. The Labute approximate surface area is 162 Å². The number of aryl methyl sites for hydroxylation is 1. The molecule has 8 nitrogen and oxygen atoms in total. The van der Waals surface area contributed by atoms with E-state index in [1.807, 2.05) is 20.8 Å². The lowest BCUT2D eigenvalue weighted by Gasteiger charge is -2.23. The molecule has 27 heavy (non-hydrogen) atoms. The molecule has 9 heteroatoms. The van der Waals surface area contributed by atoms with Crippen molar-refractivity contribution in [1.29, 1.82) is 0 Å². The molecule has 0 radical (unpaired) electrons. The highest BCUT2D eigenvalue weighted by molar-refractivity contribution is 7.14. The lowest BCUT2D eigenvalue weighted by Crippen LogP contribution is -2.46. The van der Waals surface area contributed by atoms with Gasteiger partial charge in [-0.1, -0.05) is 0 Å². The second kappa shape index (κ2) is 8.34. The first-order valence-electron chi connectivity index (χ1n) is 8.40. The summed E-state index contributed by atoms with van der Waals surface area (Å²) in [6, 6.07) is 1.58. The van der Waals surface area contributed by atoms with Gasteiger partial charge in [-0.05, 0) is 33.8 Å². The highest BCUT2D eigenvalue weighted by Gasteiger charge is 2.19. The average Bonchev–Trinajstić information content (AvgIpc) is 3.14. The molecule has 2 rings (SSSR count). The molecule has 0 unspecified atom stereocenters. The zero-order valence-electron chi connectivity index (χ0n) is 16.1. The lowest BCUT2D eigenvalue weighted by atomic mass is 10.1. The number of nitrogens with one attached hydrogen (secondary N) is 2. The lowest BCUT2D eigenvalue weighted by molar-refractivity contribution is -0.134. The van der Waals surface area contributed by atoms with Crippen molar-refractivity contribution in [2.45, 2.75) is 39.7 Å². The Morgan fingerprint density at radius 2 is 2.00 bits per heavy atom. The number of hydrogen-bond acceptors (Lipinski definition) is 6. The molecular formula is C18H24N4O4S. The Hall–Kier alpha value is -2.68. The fourth-order valence-corrected chi connectivity index (χ4v) is 2.99. The van der Waals surface area contributed by atoms with Crippen LogP contribution in [0.3, 0.4) is 0 Å². The standard InChI is InChI=1S/C18H24N4O4S/c1-11-13(6-7-26-11)16(25)20-17-19-12(10-27-17)8-15(24)22(5)9-14(23)21-18(2,3)4/h6-7,10H,8-9H2,1-5H3,(H,21,23)(H,19,20,25). The predicted molar refractivity (Wildman–Crippen MR) is 103 cm³/mol. The molecule has 0 saturated carbocycles. The summed E-state index contributed by atoms with van der Waals surface area (Å²) in [6.45, 7) is 7.31. The minimum atomic E-state index is -0.351. The van der Waals surface area contributed by atoms with Crippen molar-refractivity contribution in [3.63, 3.8) is 0 Å². The van der Waals surface area contributed by atoms with Crippen molar-refractivity contribution in [2.24, 2.45) is 0 Å². The van der Waals surface area contributed by atoms with Crippen molar-refractivity contribution in [3.05, 3.63) is 34.7 Å². The van der Waals surface area contributed by atoms with Crippen molar-refractivity contribution in [2.75, 3.05) is 18.9 Å². The minimum Gasteiger partial charge on any atom is -0.469 e. The number of carbonyl (C=O) groups is 3. The van der Waals surface area contributed by atoms with Crippen molar-refractivity contribution >= 4 is 34.2 Å². The first-order chi connectivity index (χ1) is 12.5. The van der Waals surface area contributed by atoms with Gasteiger partial charge in [-0.25, -0.2) is 4.98 Å². The highest BCUT2D eigenvalue weighted by atomic mass is 32.1. The summed E-state index contributed by atoms with van der Waals surface area (Å²) < 4.78 is 5.11. The summed E-state index contributed by atoms with van der Waals surface area (Å²) in [6.07, 6.45) is 1.50. The maximum Gasteiger partial charge on any atom is 0.260 e. The Balaban J connectivity index is 1.89. The number of furan rings is 1. The number of anilines is 1. The molecule has 2 N–H and O–H groups in total. The number of carbonyl (C=O) groups excluding carboxylic acids is 3. The van der Waals surface area contributed by atoms with Crippen LogP contribution < -0.4 is 10.6 Å². The number of hydrogen-bond donors (Lipinski definition) is 2. The topological polar surface area (TPSA) is 105 Å². The van der Waals surface area contributed by atoms with Crippen LogP contribution in [0.25, 0.3) is 0 Å². The quantitative estimate of drug-likeness (QED) is 0.784. The van der Waals surface area contributed by atoms with E-state index < -0.39 is 0 Å². The molecule has 0 saturated heterocycles. The van der Waals surface area contributed by atoms with E-state index >= 15 is 0 Å². The number of aromatic nitrogens is 1. The second-order valence-electron chi connectivity index (χ2n) is 7.21. The summed E-state index contributed by atoms with van der Waals surface area (Å²) in [7, 11) is 1.57. The predicted octanol–water partition coefficient (Wildman–Crippen LogP) is 2.21. The van der Waals surface area contributed by atoms with Gasteiger partial charge in [-0.3, -0.25) is 19.7 Å². The average molecular weight is 392 g/mol. The van der Waals surface area contributed by atoms with Gasteiger partial charge in [0.1, 0.15) is 5.76 Å². The molecule has 0 aliphatic rings. The Morgan fingerprint density at radius 1 is 1.30 bits per heavy atom. The molecule has 0 aliphatic carbocycles. The van der Waals surface area contributed by atoms with Gasteiger partial charge in [0, 0.05) is 18.0 Å². The van der Waals surface area contributed by atoms with Crippen molar-refractivity contribution in [1.82, 2.24) is 15.2 Å². The number of likely N-dealkylation sites (N-methyl/N-ethyl adjacent to an activating group) is 1. The minimum absolute atomic E-state index is 0.0242. The Kier molecular flexibility index (Phi) is 6.37. The number of nitrogens with zero attached hydrogens (tertiary/aromatic N) is 2. The highest BCUT2D eigenvalue weighted by Crippen LogP contribution is 2.18. The van der Waals surface area contributed by atoms with Crippen LogP contribution in [0.1, 0.15) is 42.6 Å². The summed E-state index contributed by atoms with van der Waals surface area (Å²) in [5, 5.41) is 7.60. The molecule has 0 bridgehead atoms. The molecule has 0 aliphatic heterocycles. The van der Waals surface area contributed by atoms with E-state index in [4.69, 9.17) is 4.42 Å². The summed E-state index contributed by atoms with van der Waals surface area (Å²) >= 11 is 1.23. The molecule has 0 spiro atoms. The van der Waals surface area contributed by atoms with Crippen LogP contribution in [0.2, 0.25) is 0 Å². The van der Waals surface area contributed by atoms with E-state index in [1.54, 1.807) is 25.4 Å². The second-order valence-corrected chi connectivity index (χ2v) is 8.07. The molecule has 3 amide bonds. The molecule has 2 heterocycles. The monoisotopic (exact) mass is 392 g/mol. The maximum absolute atomic E-state index is 12.3. The van der Waals surface area contributed by atoms with Gasteiger partial charge in [0.25, 0.3) is 5.91 Å². The third-order valence-corrected chi connectivity index (χ3v) is 4.34. The number of rotatable bonds is 6. The zero-order chi connectivity index (χ0) is 20.2. The van der Waals surface area contributed by atoms with Gasteiger partial charge < -0.3 is 14.6 Å². The molecule has 0 atom stereocenters. The first-order valence-corrected chi connectivity index (χ1v) is 9.28. The summed E-state index contributed by atoms with van der Waals surface area (Å²) in [5.74, 6) is -0.243. The first kappa shape index (κ1) is 20.6. The van der Waals surface area contributed by atoms with Gasteiger partial charge in [0.2, 0.25) is 11.8 Å². The van der Waals surface area contributed by atoms with Crippen LogP contribution in [0.5, 0.6) is 0 Å². The van der Waals surface area contributed by atoms with E-state index in [1.165, 1.54) is 22.5 Å². The van der Waals surface area contributed by atoms with E-state index in [-0.39, 0.29) is 36.2 Å². The SMILES string of the molecule is Cc1occc1C(=O)Nc1nc(CC(=O)N(C)CC(=O)NC(C)(C)C)cs1. The van der Waals surface area contributed by atoms with Crippen molar-refractivity contribution in [3.8, 4) is 0 Å². The van der Waals surface area contributed by atoms with Crippen LogP contribution >= 0.6 is 11.3 Å². The van der Waals surface area contributed by atoms with Crippen LogP contribution in [-0.2, 0) is 16.0 Å². The third-order valence-electron chi connectivity index (χ3n) is 3.53. The van der Waals surface area contributed by atoms with Gasteiger partial charge in [-0.15, -0.1) is 11.3 Å². The van der Waals surface area contributed by atoms with Crippen molar-refractivity contribution < 1.29 is 18.8 Å².